The molecule has 0 bridgehead atoms. The molecule has 0 aromatic heterocycles. The Kier molecular flexibility index (Phi) is 10.2. The van der Waals surface area contributed by atoms with Crippen LogP contribution >= 0.6 is 0 Å². The number of ether oxygens (including phenoxy) is 6. The molecule has 1 amide bonds. The van der Waals surface area contributed by atoms with Gasteiger partial charge in [-0.3, -0.25) is 14.4 Å². The fourth-order valence-electron chi connectivity index (χ4n) is 5.52. The van der Waals surface area contributed by atoms with Crippen molar-refractivity contribution in [1.82, 2.24) is 5.32 Å². The van der Waals surface area contributed by atoms with Crippen molar-refractivity contribution in [1.29, 1.82) is 0 Å². The fourth-order valence-corrected chi connectivity index (χ4v) is 5.52. The Morgan fingerprint density at radius 1 is 0.818 bits per heavy atom. The smallest absolute Gasteiger partial charge is 0.407 e. The molecule has 1 saturated heterocycles. The van der Waals surface area contributed by atoms with Gasteiger partial charge in [0.2, 0.25) is 0 Å². The fraction of sp³-hybridized carbons (Fsp3) is 0.452. The molecule has 4 rings (SSSR count). The van der Waals surface area contributed by atoms with Gasteiger partial charge in [-0.25, -0.2) is 9.59 Å². The molecule has 13 nitrogen and oxygen atoms in total. The van der Waals surface area contributed by atoms with Gasteiger partial charge >= 0.3 is 30.0 Å². The van der Waals surface area contributed by atoms with Crippen LogP contribution in [-0.4, -0.2) is 84.5 Å². The van der Waals surface area contributed by atoms with Crippen molar-refractivity contribution in [2.45, 2.75) is 83.4 Å². The van der Waals surface area contributed by atoms with Crippen LogP contribution < -0.4 is 5.32 Å². The number of amides is 1. The molecular formula is C31H35NO12. The van der Waals surface area contributed by atoms with E-state index in [2.05, 4.69) is 5.32 Å². The molecule has 13 heteroatoms. The summed E-state index contributed by atoms with van der Waals surface area (Å²) in [6.45, 7) is 6.20. The van der Waals surface area contributed by atoms with Gasteiger partial charge in [0.25, 0.3) is 0 Å². The number of rotatable bonds is 10. The second-order valence-electron chi connectivity index (χ2n) is 10.6. The number of carbonyl (C=O) groups is 5. The Hall–Kier alpha value is -4.49. The number of alkyl carbamates (subject to hydrolysis) is 1. The summed E-state index contributed by atoms with van der Waals surface area (Å²) in [4.78, 5) is 60.7. The van der Waals surface area contributed by atoms with Crippen molar-refractivity contribution in [3.05, 3.63) is 59.7 Å². The van der Waals surface area contributed by atoms with Crippen LogP contribution in [0.5, 0.6) is 0 Å². The highest BCUT2D eigenvalue weighted by Crippen LogP contribution is 2.44. The summed E-state index contributed by atoms with van der Waals surface area (Å²) in [5.41, 5.74) is 4.05. The summed E-state index contributed by atoms with van der Waals surface area (Å²) in [6, 6.07) is 13.9. The van der Waals surface area contributed by atoms with E-state index in [1.807, 2.05) is 48.5 Å². The van der Waals surface area contributed by atoms with Crippen LogP contribution in [0, 0.1) is 0 Å². The minimum Gasteiger partial charge on any atom is -0.480 e. The molecule has 236 valence electrons. The highest BCUT2D eigenvalue weighted by Gasteiger charge is 2.52. The monoisotopic (exact) mass is 613 g/mol. The first kappa shape index (κ1) is 32.4. The largest absolute Gasteiger partial charge is 0.480 e. The maximum Gasteiger partial charge on any atom is 0.407 e. The summed E-state index contributed by atoms with van der Waals surface area (Å²) in [7, 11) is 0. The van der Waals surface area contributed by atoms with E-state index in [9.17, 15) is 29.1 Å². The lowest BCUT2D eigenvalue weighted by molar-refractivity contribution is -0.310. The standard InChI is InChI=1S/C31H35NO12/c1-15(40-30-28(44-19(5)35)27(43-18(4)34)26(16(2)41-30)42-17(3)33)25(29(36)37)32-31(38)39-14-24-22-12-8-6-10-20(22)21-11-7-9-13-23(21)24/h6-13,15-16,24-28,30H,14H2,1-5H3,(H,32,38)(H,36,37)/t15-,16+,25+,26+,27-,28-,30-/m1/s1. The first-order valence-corrected chi connectivity index (χ1v) is 14.0. The van der Waals surface area contributed by atoms with Crippen LogP contribution in [-0.2, 0) is 47.6 Å². The van der Waals surface area contributed by atoms with Gasteiger partial charge in [0.05, 0.1) is 12.2 Å². The number of fused-ring (bicyclic) bond motifs is 3. The number of hydrogen-bond acceptors (Lipinski definition) is 11. The van der Waals surface area contributed by atoms with Gasteiger partial charge < -0.3 is 38.8 Å². The van der Waals surface area contributed by atoms with E-state index in [-0.39, 0.29) is 12.5 Å². The minimum absolute atomic E-state index is 0.0409. The molecule has 7 atom stereocenters. The molecule has 2 aromatic carbocycles. The van der Waals surface area contributed by atoms with E-state index in [4.69, 9.17) is 28.4 Å². The van der Waals surface area contributed by atoms with E-state index in [0.29, 0.717) is 0 Å². The van der Waals surface area contributed by atoms with E-state index >= 15 is 0 Å². The minimum atomic E-state index is -1.62. The summed E-state index contributed by atoms with van der Waals surface area (Å²) < 4.78 is 33.1. The van der Waals surface area contributed by atoms with Gasteiger partial charge in [-0.05, 0) is 36.1 Å². The highest BCUT2D eigenvalue weighted by atomic mass is 16.7. The number of esters is 3. The first-order chi connectivity index (χ1) is 20.9. The molecule has 1 heterocycles. The average Bonchev–Trinajstić information content (AvgIpc) is 3.27. The highest BCUT2D eigenvalue weighted by molar-refractivity contribution is 5.81. The molecule has 0 saturated carbocycles. The van der Waals surface area contributed by atoms with Crippen molar-refractivity contribution in [3.8, 4) is 11.1 Å². The van der Waals surface area contributed by atoms with Gasteiger partial charge in [-0.2, -0.15) is 0 Å². The number of aliphatic carboxylic acids is 1. The van der Waals surface area contributed by atoms with Crippen LogP contribution in [0.2, 0.25) is 0 Å². The molecule has 0 unspecified atom stereocenters. The van der Waals surface area contributed by atoms with Gasteiger partial charge in [-0.15, -0.1) is 0 Å². The average molecular weight is 614 g/mol. The second-order valence-corrected chi connectivity index (χ2v) is 10.6. The van der Waals surface area contributed by atoms with Crippen LogP contribution in [0.3, 0.4) is 0 Å². The Bertz CT molecular complexity index is 1360. The lowest BCUT2D eigenvalue weighted by atomic mass is 9.98. The zero-order valence-electron chi connectivity index (χ0n) is 24.9. The topological polar surface area (TPSA) is 173 Å². The van der Waals surface area contributed by atoms with Crippen molar-refractivity contribution in [2.75, 3.05) is 6.61 Å². The lowest BCUT2D eigenvalue weighted by Gasteiger charge is -2.44. The normalized spacial score (nSPS) is 23.7. The number of carboxylic acids is 1. The number of carboxylic acid groups (broad SMARTS) is 1. The summed E-state index contributed by atoms with van der Waals surface area (Å²) in [5.74, 6) is -3.93. The third kappa shape index (κ3) is 7.34. The zero-order chi connectivity index (χ0) is 32.1. The third-order valence-corrected chi connectivity index (χ3v) is 7.33. The molecule has 44 heavy (non-hydrogen) atoms. The van der Waals surface area contributed by atoms with Crippen LogP contribution in [0.15, 0.2) is 48.5 Å². The molecule has 1 aliphatic heterocycles. The summed E-state index contributed by atoms with van der Waals surface area (Å²) >= 11 is 0. The molecule has 0 radical (unpaired) electrons. The SMILES string of the molecule is CC(=O)O[C@@H]1[C@@H](OC(C)=O)[C@H](C)O[C@@H](O[C@H](C)[C@H](NC(=O)OCC2c3ccccc3-c3ccccc32)C(=O)O)[C@@H]1OC(C)=O. The number of hydrogen-bond donors (Lipinski definition) is 2. The summed E-state index contributed by atoms with van der Waals surface area (Å²) in [6.07, 6.45) is -8.59. The van der Waals surface area contributed by atoms with E-state index in [1.165, 1.54) is 13.8 Å². The first-order valence-electron chi connectivity index (χ1n) is 14.0. The van der Waals surface area contributed by atoms with Crippen LogP contribution in [0.1, 0.15) is 51.7 Å². The van der Waals surface area contributed by atoms with Gasteiger partial charge in [0.15, 0.2) is 30.6 Å². The molecule has 1 fully saturated rings. The predicted molar refractivity (Wildman–Crippen MR) is 151 cm³/mol. The zero-order valence-corrected chi connectivity index (χ0v) is 24.9. The van der Waals surface area contributed by atoms with E-state index in [0.717, 1.165) is 43.0 Å². The van der Waals surface area contributed by atoms with Crippen LogP contribution in [0.4, 0.5) is 4.79 Å². The molecule has 0 spiro atoms. The Labute approximate surface area is 253 Å². The van der Waals surface area contributed by atoms with E-state index < -0.39 is 72.8 Å². The molecule has 2 aromatic rings. The van der Waals surface area contributed by atoms with Gasteiger partial charge in [-0.1, -0.05) is 48.5 Å². The van der Waals surface area contributed by atoms with Gasteiger partial charge in [0, 0.05) is 26.7 Å². The maximum atomic E-state index is 12.9. The van der Waals surface area contributed by atoms with Gasteiger partial charge in [0.1, 0.15) is 6.61 Å². The van der Waals surface area contributed by atoms with Crippen molar-refractivity contribution >= 4 is 30.0 Å². The second kappa shape index (κ2) is 13.9. The lowest BCUT2D eigenvalue weighted by Crippen LogP contribution is -2.62. The quantitative estimate of drug-likeness (QED) is 0.297. The Morgan fingerprint density at radius 3 is 1.84 bits per heavy atom. The number of carbonyl (C=O) groups excluding carboxylic acids is 4. The van der Waals surface area contributed by atoms with Crippen molar-refractivity contribution in [3.63, 3.8) is 0 Å². The van der Waals surface area contributed by atoms with E-state index in [1.54, 1.807) is 0 Å². The Balaban J connectivity index is 1.46. The van der Waals surface area contributed by atoms with Crippen molar-refractivity contribution in [2.24, 2.45) is 0 Å². The number of benzene rings is 2. The molecule has 2 aliphatic rings. The van der Waals surface area contributed by atoms with Crippen LogP contribution in [0.25, 0.3) is 11.1 Å². The Morgan fingerprint density at radius 2 is 1.32 bits per heavy atom. The molecular weight excluding hydrogens is 578 g/mol. The summed E-state index contributed by atoms with van der Waals surface area (Å²) in [5, 5.41) is 12.3. The number of nitrogens with one attached hydrogen (secondary N) is 1. The molecule has 1 aliphatic carbocycles. The molecule has 2 N–H and O–H groups in total. The predicted octanol–water partition coefficient (Wildman–Crippen LogP) is 2.92. The maximum absolute atomic E-state index is 12.9. The third-order valence-electron chi connectivity index (χ3n) is 7.33. The van der Waals surface area contributed by atoms with Crippen molar-refractivity contribution < 1.29 is 57.5 Å².